The van der Waals surface area contributed by atoms with Gasteiger partial charge in [0.15, 0.2) is 14.4 Å². The first-order valence-corrected chi connectivity index (χ1v) is 11.7. The highest BCUT2D eigenvalue weighted by atomic mass is 32.1. The Labute approximate surface area is 153 Å². The van der Waals surface area contributed by atoms with Crippen LogP contribution in [0.2, 0.25) is 18.1 Å². The highest BCUT2D eigenvalue weighted by Crippen LogP contribution is 2.40. The zero-order valence-electron chi connectivity index (χ0n) is 16.6. The normalized spacial score (nSPS) is 25.4. The van der Waals surface area contributed by atoms with Gasteiger partial charge in [0.1, 0.15) is 5.60 Å². The number of thiocarbonyl (C=S) groups is 1. The topological polar surface area (TPSA) is 47.6 Å². The fourth-order valence-electron chi connectivity index (χ4n) is 2.38. The van der Waals surface area contributed by atoms with Crippen LogP contribution in [0.15, 0.2) is 12.2 Å². The van der Waals surface area contributed by atoms with Gasteiger partial charge in [-0.25, -0.2) is 4.79 Å². The van der Waals surface area contributed by atoms with Crippen molar-refractivity contribution in [1.29, 1.82) is 0 Å². The number of rotatable bonds is 4. The van der Waals surface area contributed by atoms with E-state index in [0.29, 0.717) is 4.99 Å². The number of hydrogen-bond donors (Lipinski definition) is 1. The summed E-state index contributed by atoms with van der Waals surface area (Å²) in [5.74, 6) is -0.482. The zero-order valence-corrected chi connectivity index (χ0v) is 18.4. The first-order valence-electron chi connectivity index (χ1n) is 8.43. The lowest BCUT2D eigenvalue weighted by atomic mass is 9.95. The summed E-state index contributed by atoms with van der Waals surface area (Å²) >= 11 is 5.47. The van der Waals surface area contributed by atoms with Gasteiger partial charge < -0.3 is 14.5 Å². The van der Waals surface area contributed by atoms with Crippen LogP contribution >= 0.6 is 12.2 Å². The van der Waals surface area contributed by atoms with Crippen molar-refractivity contribution in [3.05, 3.63) is 12.2 Å². The monoisotopic (exact) mass is 371 g/mol. The van der Waals surface area contributed by atoms with Crippen molar-refractivity contribution in [2.24, 2.45) is 5.92 Å². The molecule has 3 atom stereocenters. The van der Waals surface area contributed by atoms with Gasteiger partial charge in [-0.3, -0.25) is 0 Å². The molecule has 6 heteroatoms. The van der Waals surface area contributed by atoms with Crippen molar-refractivity contribution in [1.82, 2.24) is 5.32 Å². The van der Waals surface area contributed by atoms with Crippen molar-refractivity contribution in [3.8, 4) is 0 Å². The summed E-state index contributed by atoms with van der Waals surface area (Å²) in [5.41, 5.74) is 0.353. The largest absolute Gasteiger partial charge is 0.458 e. The summed E-state index contributed by atoms with van der Waals surface area (Å²) < 4.78 is 12.2. The van der Waals surface area contributed by atoms with Crippen LogP contribution < -0.4 is 5.32 Å². The van der Waals surface area contributed by atoms with Crippen molar-refractivity contribution in [3.63, 3.8) is 0 Å². The average molecular weight is 372 g/mol. The standard InChI is InChI=1S/C18H33NO3SSi/c1-11(2)12-14(22-24(9,10)18(6,7)8)13(19-15(12)23)16(20)21-17(3,4)5/h12-14H,1H2,2-10H3,(H,19,23). The molecule has 0 aromatic rings. The molecule has 0 aliphatic carbocycles. The smallest absolute Gasteiger partial charge is 0.331 e. The van der Waals surface area contributed by atoms with E-state index < -0.39 is 20.0 Å². The Morgan fingerprint density at radius 3 is 2.08 bits per heavy atom. The highest BCUT2D eigenvalue weighted by molar-refractivity contribution is 7.80. The number of carbonyl (C=O) groups excluding carboxylic acids is 1. The van der Waals surface area contributed by atoms with E-state index in [9.17, 15) is 4.79 Å². The molecule has 0 aromatic heterocycles. The van der Waals surface area contributed by atoms with E-state index in [1.807, 2.05) is 27.7 Å². The van der Waals surface area contributed by atoms with Crippen molar-refractivity contribution < 1.29 is 14.0 Å². The predicted octanol–water partition coefficient (Wildman–Crippen LogP) is 4.21. The molecule has 1 fully saturated rings. The molecule has 1 saturated heterocycles. The van der Waals surface area contributed by atoms with Gasteiger partial charge in [-0.05, 0) is 45.8 Å². The van der Waals surface area contributed by atoms with Crippen LogP contribution in [0.3, 0.4) is 0 Å². The van der Waals surface area contributed by atoms with Gasteiger partial charge in [0.25, 0.3) is 0 Å². The van der Waals surface area contributed by atoms with E-state index in [0.717, 1.165) is 5.57 Å². The molecule has 1 aliphatic heterocycles. The van der Waals surface area contributed by atoms with Gasteiger partial charge in [0.2, 0.25) is 0 Å². The van der Waals surface area contributed by atoms with Gasteiger partial charge >= 0.3 is 5.97 Å². The Kier molecular flexibility index (Phi) is 6.11. The number of nitrogens with one attached hydrogen (secondary N) is 1. The van der Waals surface area contributed by atoms with Crippen molar-refractivity contribution in [2.45, 2.75) is 84.3 Å². The van der Waals surface area contributed by atoms with Crippen molar-refractivity contribution in [2.75, 3.05) is 0 Å². The lowest BCUT2D eigenvalue weighted by molar-refractivity contribution is -0.159. The minimum absolute atomic E-state index is 0.0370. The molecule has 1 aliphatic rings. The van der Waals surface area contributed by atoms with Crippen LogP contribution in [0.5, 0.6) is 0 Å². The second kappa shape index (κ2) is 6.88. The molecular weight excluding hydrogens is 338 g/mol. The van der Waals surface area contributed by atoms with Crippen molar-refractivity contribution >= 4 is 31.5 Å². The molecule has 0 bridgehead atoms. The molecule has 3 unspecified atom stereocenters. The van der Waals surface area contributed by atoms with Crippen LogP contribution in [-0.4, -0.2) is 37.0 Å². The van der Waals surface area contributed by atoms with Gasteiger partial charge in [-0.15, -0.1) is 0 Å². The molecule has 0 amide bonds. The Bertz CT molecular complexity index is 531. The Hall–Kier alpha value is -0.723. The average Bonchev–Trinajstić information content (AvgIpc) is 2.61. The molecule has 1 heterocycles. The summed E-state index contributed by atoms with van der Waals surface area (Å²) in [7, 11) is -2.08. The Balaban J connectivity index is 3.17. The lowest BCUT2D eigenvalue weighted by Crippen LogP contribution is -2.51. The van der Waals surface area contributed by atoms with E-state index >= 15 is 0 Å². The summed E-state index contributed by atoms with van der Waals surface area (Å²) in [6.07, 6.45) is -0.370. The molecule has 0 aromatic carbocycles. The molecule has 4 nitrogen and oxygen atoms in total. The van der Waals surface area contributed by atoms with Gasteiger partial charge in [-0.2, -0.15) is 0 Å². The maximum Gasteiger partial charge on any atom is 0.331 e. The molecular formula is C18H33NO3SSi. The zero-order chi connectivity index (χ0) is 19.1. The second-order valence-corrected chi connectivity index (χ2v) is 14.4. The third-order valence-corrected chi connectivity index (χ3v) is 9.51. The van der Waals surface area contributed by atoms with Crippen LogP contribution in [0.4, 0.5) is 0 Å². The van der Waals surface area contributed by atoms with E-state index in [1.54, 1.807) is 0 Å². The maximum atomic E-state index is 12.7. The third-order valence-electron chi connectivity index (χ3n) is 4.67. The van der Waals surface area contributed by atoms with Crippen LogP contribution in [0.25, 0.3) is 0 Å². The fourth-order valence-corrected chi connectivity index (χ4v) is 4.15. The number of hydrogen-bond acceptors (Lipinski definition) is 4. The first kappa shape index (κ1) is 21.3. The SMILES string of the molecule is C=C(C)C1C(=S)NC(C(=O)OC(C)(C)C)C1O[Si](C)(C)C(C)(C)C. The summed E-state index contributed by atoms with van der Waals surface area (Å²) in [6, 6.07) is -0.590. The first-order chi connectivity index (χ1) is 10.6. The quantitative estimate of drug-likeness (QED) is 0.347. The van der Waals surface area contributed by atoms with E-state index in [2.05, 4.69) is 45.8 Å². The second-order valence-electron chi connectivity index (χ2n) is 9.19. The van der Waals surface area contributed by atoms with Gasteiger partial charge in [0, 0.05) is 0 Å². The minimum Gasteiger partial charge on any atom is -0.458 e. The Morgan fingerprint density at radius 2 is 1.71 bits per heavy atom. The van der Waals surface area contributed by atoms with E-state index in [1.165, 1.54) is 0 Å². The lowest BCUT2D eigenvalue weighted by Gasteiger charge is -2.40. The molecule has 1 N–H and O–H groups in total. The molecule has 138 valence electrons. The maximum absolute atomic E-state index is 12.7. The highest BCUT2D eigenvalue weighted by Gasteiger charge is 2.50. The van der Waals surface area contributed by atoms with Crippen LogP contribution in [0.1, 0.15) is 48.5 Å². The molecule has 0 saturated carbocycles. The van der Waals surface area contributed by atoms with Crippen LogP contribution in [0, 0.1) is 5.92 Å². The fraction of sp³-hybridized carbons (Fsp3) is 0.778. The summed E-state index contributed by atoms with van der Waals surface area (Å²) in [5, 5.41) is 3.16. The minimum atomic E-state index is -2.08. The molecule has 1 rings (SSSR count). The molecule has 0 radical (unpaired) electrons. The third kappa shape index (κ3) is 4.89. The molecule has 24 heavy (non-hydrogen) atoms. The Morgan fingerprint density at radius 1 is 1.21 bits per heavy atom. The summed E-state index contributed by atoms with van der Waals surface area (Å²) in [6.45, 7) is 22.4. The van der Waals surface area contributed by atoms with Crippen LogP contribution in [-0.2, 0) is 14.0 Å². The van der Waals surface area contributed by atoms with E-state index in [-0.39, 0.29) is 23.0 Å². The number of esters is 1. The predicted molar refractivity (Wildman–Crippen MR) is 106 cm³/mol. The molecule has 0 spiro atoms. The van der Waals surface area contributed by atoms with Gasteiger partial charge in [0.05, 0.1) is 17.0 Å². The van der Waals surface area contributed by atoms with E-state index in [4.69, 9.17) is 21.4 Å². The summed E-state index contributed by atoms with van der Waals surface area (Å²) in [4.78, 5) is 13.3. The number of carbonyl (C=O) groups is 1. The number of ether oxygens (including phenoxy) is 1. The van der Waals surface area contributed by atoms with Gasteiger partial charge in [-0.1, -0.05) is 45.1 Å².